The van der Waals surface area contributed by atoms with Crippen LogP contribution in [-0.2, 0) is 16.1 Å². The van der Waals surface area contributed by atoms with Crippen molar-refractivity contribution in [3.63, 3.8) is 0 Å². The van der Waals surface area contributed by atoms with E-state index in [-0.39, 0.29) is 12.0 Å². The van der Waals surface area contributed by atoms with Crippen LogP contribution in [0.15, 0.2) is 36.7 Å². The fourth-order valence-corrected chi connectivity index (χ4v) is 2.52. The minimum absolute atomic E-state index is 0.0946. The second kappa shape index (κ2) is 9.21. The third-order valence-electron chi connectivity index (χ3n) is 3.63. The minimum Gasteiger partial charge on any atom is -0.444 e. The first-order valence-corrected chi connectivity index (χ1v) is 9.10. The lowest BCUT2D eigenvalue weighted by Gasteiger charge is -2.19. The van der Waals surface area contributed by atoms with Crippen molar-refractivity contribution in [2.45, 2.75) is 52.7 Å². The Morgan fingerprint density at radius 2 is 1.96 bits per heavy atom. The van der Waals surface area contributed by atoms with Gasteiger partial charge in [0.15, 0.2) is 0 Å². The third-order valence-corrected chi connectivity index (χ3v) is 3.63. The molecule has 0 aliphatic carbocycles. The number of aryl methyl sites for hydroxylation is 1. The molecule has 2 aromatic rings. The minimum atomic E-state index is -0.479. The monoisotopic (exact) mass is 372 g/mol. The molecular weight excluding hydrogens is 344 g/mol. The van der Waals surface area contributed by atoms with Crippen molar-refractivity contribution in [2.24, 2.45) is 0 Å². The van der Waals surface area contributed by atoms with Crippen LogP contribution in [0, 0.1) is 0 Å². The van der Waals surface area contributed by atoms with Crippen LogP contribution in [0.1, 0.15) is 40.5 Å². The average molecular weight is 372 g/mol. The topological polar surface area (TPSA) is 85.3 Å². The molecule has 0 atom stereocenters. The maximum absolute atomic E-state index is 11.6. The van der Waals surface area contributed by atoms with E-state index in [1.807, 2.05) is 62.1 Å². The van der Waals surface area contributed by atoms with E-state index in [1.165, 1.54) is 6.92 Å². The highest BCUT2D eigenvalue weighted by Gasteiger charge is 2.15. The lowest BCUT2D eigenvalue weighted by molar-refractivity contribution is -0.114. The van der Waals surface area contributed by atoms with Gasteiger partial charge >= 0.3 is 6.09 Å². The normalized spacial score (nSPS) is 11.1. The van der Waals surface area contributed by atoms with Crippen molar-refractivity contribution in [3.8, 4) is 11.1 Å². The number of unbranched alkanes of at least 4 members (excludes halogenated alkanes) is 1. The summed E-state index contributed by atoms with van der Waals surface area (Å²) in [5, 5.41) is 9.92. The molecule has 7 nitrogen and oxygen atoms in total. The molecule has 0 bridgehead atoms. The summed E-state index contributed by atoms with van der Waals surface area (Å²) >= 11 is 0. The van der Waals surface area contributed by atoms with Crippen molar-refractivity contribution in [2.75, 3.05) is 11.9 Å². The standard InChI is InChI=1S/C20H28N4O3/c1-15(25)23-18-9-7-8-16(12-18)17-13-22-24(14-17)11-6-5-10-21-19(26)27-20(2,3)4/h7-9,12-14H,5-6,10-11H2,1-4H3,(H,21,26)(H,23,25). The zero-order valence-corrected chi connectivity index (χ0v) is 16.4. The van der Waals surface area contributed by atoms with Crippen LogP contribution < -0.4 is 10.6 Å². The number of nitrogens with zero attached hydrogens (tertiary/aromatic N) is 2. The lowest BCUT2D eigenvalue weighted by atomic mass is 10.1. The zero-order chi connectivity index (χ0) is 19.9. The van der Waals surface area contributed by atoms with E-state index >= 15 is 0 Å². The molecule has 146 valence electrons. The number of amides is 2. The van der Waals surface area contributed by atoms with E-state index in [1.54, 1.807) is 0 Å². The summed E-state index contributed by atoms with van der Waals surface area (Å²) in [4.78, 5) is 22.8. The number of ether oxygens (including phenoxy) is 1. The summed E-state index contributed by atoms with van der Waals surface area (Å²) in [5.41, 5.74) is 2.28. The molecule has 0 aliphatic heterocycles. The Bertz CT molecular complexity index is 778. The van der Waals surface area contributed by atoms with Gasteiger partial charge in [-0.1, -0.05) is 12.1 Å². The molecular formula is C20H28N4O3. The van der Waals surface area contributed by atoms with Crippen molar-refractivity contribution in [1.82, 2.24) is 15.1 Å². The second-order valence-electron chi connectivity index (χ2n) is 7.39. The number of hydrogen-bond acceptors (Lipinski definition) is 4. The van der Waals surface area contributed by atoms with Gasteiger partial charge in [-0.25, -0.2) is 4.79 Å². The Kier molecular flexibility index (Phi) is 6.98. The Hall–Kier alpha value is -2.83. The molecule has 1 heterocycles. The van der Waals surface area contributed by atoms with Crippen LogP contribution in [0.2, 0.25) is 0 Å². The number of alkyl carbamates (subject to hydrolysis) is 1. The maximum Gasteiger partial charge on any atom is 0.407 e. The third kappa shape index (κ3) is 7.52. The predicted molar refractivity (Wildman–Crippen MR) is 105 cm³/mol. The van der Waals surface area contributed by atoms with Gasteiger partial charge in [0.1, 0.15) is 5.60 Å². The fourth-order valence-electron chi connectivity index (χ4n) is 2.52. The number of carbonyl (C=O) groups excluding carboxylic acids is 2. The molecule has 2 rings (SSSR count). The van der Waals surface area contributed by atoms with Crippen molar-refractivity contribution < 1.29 is 14.3 Å². The molecule has 2 amide bonds. The van der Waals surface area contributed by atoms with Crippen LogP contribution in [0.3, 0.4) is 0 Å². The van der Waals surface area contributed by atoms with Crippen LogP contribution in [0.25, 0.3) is 11.1 Å². The quantitative estimate of drug-likeness (QED) is 0.724. The van der Waals surface area contributed by atoms with Crippen LogP contribution in [0.4, 0.5) is 10.5 Å². The molecule has 2 N–H and O–H groups in total. The molecule has 1 aromatic heterocycles. The largest absolute Gasteiger partial charge is 0.444 e. The van der Waals surface area contributed by atoms with E-state index in [9.17, 15) is 9.59 Å². The molecule has 0 saturated carbocycles. The van der Waals surface area contributed by atoms with Gasteiger partial charge in [-0.15, -0.1) is 0 Å². The summed E-state index contributed by atoms with van der Waals surface area (Å²) in [6.45, 7) is 8.35. The molecule has 0 radical (unpaired) electrons. The Morgan fingerprint density at radius 1 is 1.19 bits per heavy atom. The molecule has 0 spiro atoms. The van der Waals surface area contributed by atoms with Gasteiger partial charge in [0.05, 0.1) is 6.20 Å². The summed E-state index contributed by atoms with van der Waals surface area (Å²) in [5.74, 6) is -0.0946. The van der Waals surface area contributed by atoms with Gasteiger partial charge in [-0.05, 0) is 51.3 Å². The summed E-state index contributed by atoms with van der Waals surface area (Å²) in [7, 11) is 0. The van der Waals surface area contributed by atoms with Crippen LogP contribution >= 0.6 is 0 Å². The van der Waals surface area contributed by atoms with E-state index in [0.29, 0.717) is 6.54 Å². The number of aromatic nitrogens is 2. The highest BCUT2D eigenvalue weighted by molar-refractivity contribution is 5.89. The first-order valence-electron chi connectivity index (χ1n) is 9.10. The Balaban J connectivity index is 1.78. The molecule has 0 aliphatic rings. The maximum atomic E-state index is 11.6. The Morgan fingerprint density at radius 3 is 2.67 bits per heavy atom. The van der Waals surface area contributed by atoms with E-state index in [0.717, 1.165) is 36.2 Å². The highest BCUT2D eigenvalue weighted by atomic mass is 16.6. The van der Waals surface area contributed by atoms with Crippen LogP contribution in [-0.4, -0.2) is 33.9 Å². The second-order valence-corrected chi connectivity index (χ2v) is 7.39. The Labute approximate surface area is 160 Å². The number of nitrogens with one attached hydrogen (secondary N) is 2. The molecule has 27 heavy (non-hydrogen) atoms. The SMILES string of the molecule is CC(=O)Nc1cccc(-c2cnn(CCCCNC(=O)OC(C)(C)C)c2)c1. The van der Waals surface area contributed by atoms with E-state index in [4.69, 9.17) is 4.74 Å². The lowest BCUT2D eigenvalue weighted by Crippen LogP contribution is -2.33. The summed E-state index contributed by atoms with van der Waals surface area (Å²) < 4.78 is 7.08. The molecule has 0 fully saturated rings. The molecule has 1 aromatic carbocycles. The van der Waals surface area contributed by atoms with Crippen molar-refractivity contribution in [1.29, 1.82) is 0 Å². The van der Waals surface area contributed by atoms with Gasteiger partial charge in [0, 0.05) is 37.5 Å². The van der Waals surface area contributed by atoms with Gasteiger partial charge in [0.2, 0.25) is 5.91 Å². The van der Waals surface area contributed by atoms with Crippen LogP contribution in [0.5, 0.6) is 0 Å². The molecule has 0 saturated heterocycles. The predicted octanol–water partition coefficient (Wildman–Crippen LogP) is 3.81. The first kappa shape index (κ1) is 20.5. The number of carbonyl (C=O) groups is 2. The van der Waals surface area contributed by atoms with Gasteiger partial charge in [0.25, 0.3) is 0 Å². The number of benzene rings is 1. The highest BCUT2D eigenvalue weighted by Crippen LogP contribution is 2.22. The average Bonchev–Trinajstić information content (AvgIpc) is 3.01. The smallest absolute Gasteiger partial charge is 0.407 e. The van der Waals surface area contributed by atoms with Crippen molar-refractivity contribution >= 4 is 17.7 Å². The van der Waals surface area contributed by atoms with Gasteiger partial charge in [-0.3, -0.25) is 9.48 Å². The zero-order valence-electron chi connectivity index (χ0n) is 16.4. The fraction of sp³-hybridized carbons (Fsp3) is 0.450. The molecule has 7 heteroatoms. The van der Waals surface area contributed by atoms with Crippen molar-refractivity contribution in [3.05, 3.63) is 36.7 Å². The van der Waals surface area contributed by atoms with E-state index in [2.05, 4.69) is 15.7 Å². The van der Waals surface area contributed by atoms with Gasteiger partial charge in [-0.2, -0.15) is 5.10 Å². The number of rotatable bonds is 7. The first-order chi connectivity index (χ1) is 12.7. The number of anilines is 1. The summed E-state index contributed by atoms with van der Waals surface area (Å²) in [6.07, 6.45) is 5.14. The van der Waals surface area contributed by atoms with Gasteiger partial charge < -0.3 is 15.4 Å². The number of hydrogen-bond donors (Lipinski definition) is 2. The molecule has 0 unspecified atom stereocenters. The summed E-state index contributed by atoms with van der Waals surface area (Å²) in [6, 6.07) is 7.66. The van der Waals surface area contributed by atoms with E-state index < -0.39 is 5.60 Å².